The zero-order valence-corrected chi connectivity index (χ0v) is 29.9. The molecular formula is C31H45Cl2N5O4Si. The second-order valence-electron chi connectivity index (χ2n) is 13.4. The van der Waals surface area contributed by atoms with Crippen molar-refractivity contribution in [2.45, 2.75) is 85.2 Å². The lowest BCUT2D eigenvalue weighted by molar-refractivity contribution is 0.0172. The molecule has 0 saturated heterocycles. The van der Waals surface area contributed by atoms with Crippen molar-refractivity contribution < 1.29 is 18.7 Å². The summed E-state index contributed by atoms with van der Waals surface area (Å²) in [6.45, 7) is 20.8. The van der Waals surface area contributed by atoms with Crippen molar-refractivity contribution in [1.82, 2.24) is 24.6 Å². The lowest BCUT2D eigenvalue weighted by Crippen LogP contribution is -2.49. The first-order valence-electron chi connectivity index (χ1n) is 14.3. The maximum absolute atomic E-state index is 12.8. The molecule has 0 spiro atoms. The first-order chi connectivity index (χ1) is 19.7. The molecule has 1 aromatic carbocycles. The molecule has 0 aliphatic rings. The number of carbonyl (C=O) groups is 1. The molecule has 3 aromatic rings. The Morgan fingerprint density at radius 3 is 2.30 bits per heavy atom. The van der Waals surface area contributed by atoms with Gasteiger partial charge in [-0.1, -0.05) is 44.0 Å². The van der Waals surface area contributed by atoms with E-state index in [4.69, 9.17) is 42.1 Å². The van der Waals surface area contributed by atoms with Gasteiger partial charge < -0.3 is 18.8 Å². The van der Waals surface area contributed by atoms with Gasteiger partial charge in [0, 0.05) is 25.2 Å². The van der Waals surface area contributed by atoms with Gasteiger partial charge in [-0.05, 0) is 76.5 Å². The number of rotatable bonds is 9. The first-order valence-corrected chi connectivity index (χ1v) is 17.9. The number of nitrogens with zero attached hydrogens (tertiary/aromatic N) is 5. The maximum Gasteiger partial charge on any atom is 0.410 e. The smallest absolute Gasteiger partial charge is 0.410 e. The topological polar surface area (TPSA) is 91.6 Å². The van der Waals surface area contributed by atoms with Crippen LogP contribution in [0.15, 0.2) is 24.4 Å². The third kappa shape index (κ3) is 8.71. The second kappa shape index (κ2) is 13.1. The van der Waals surface area contributed by atoms with E-state index < -0.39 is 26.1 Å². The minimum atomic E-state index is -2.20. The Morgan fingerprint density at radius 1 is 1.09 bits per heavy atom. The van der Waals surface area contributed by atoms with Crippen LogP contribution in [0, 0.1) is 13.8 Å². The average molecular weight is 651 g/mol. The Bertz CT molecular complexity index is 1440. The zero-order valence-electron chi connectivity index (χ0n) is 27.4. The molecule has 0 radical (unpaired) electrons. The van der Waals surface area contributed by atoms with Crippen molar-refractivity contribution in [3.05, 3.63) is 45.7 Å². The number of hydrogen-bond donors (Lipinski definition) is 0. The molecule has 1 amide bonds. The third-order valence-corrected chi connectivity index (χ3v) is 12.7. The Hall–Kier alpha value is -2.66. The molecule has 0 fully saturated rings. The molecule has 236 valence electrons. The van der Waals surface area contributed by atoms with E-state index in [1.165, 1.54) is 4.90 Å². The molecule has 2 heterocycles. The van der Waals surface area contributed by atoms with E-state index >= 15 is 0 Å². The summed E-state index contributed by atoms with van der Waals surface area (Å²) in [4.78, 5) is 23.7. The van der Waals surface area contributed by atoms with Gasteiger partial charge in [0.05, 0.1) is 35.3 Å². The summed E-state index contributed by atoms with van der Waals surface area (Å²) in [5.41, 5.74) is 3.23. The standard InChI is InChI=1S/C31H45Cl2N5O4Si/c1-19-16-34-38(10)26(19)25-20(2)27(33)36-28(35-25)23-15-21(13-14-24(23)32)40-18-22(42-43(11,12)31(6,7)8)17-37(9)29(39)41-30(3,4)5/h13-16,22H,17-18H2,1-12H3/t22-/m1/s1. The molecule has 0 aliphatic carbocycles. The van der Waals surface area contributed by atoms with Gasteiger partial charge in [-0.15, -0.1) is 0 Å². The van der Waals surface area contributed by atoms with Crippen LogP contribution in [0.3, 0.4) is 0 Å². The lowest BCUT2D eigenvalue weighted by atomic mass is 10.1. The average Bonchev–Trinajstić information content (AvgIpc) is 3.20. The van der Waals surface area contributed by atoms with E-state index in [0.29, 0.717) is 39.6 Å². The fourth-order valence-corrected chi connectivity index (χ4v) is 5.82. The van der Waals surface area contributed by atoms with Crippen LogP contribution in [-0.4, -0.2) is 71.0 Å². The van der Waals surface area contributed by atoms with Crippen LogP contribution in [0.5, 0.6) is 5.75 Å². The van der Waals surface area contributed by atoms with Crippen LogP contribution >= 0.6 is 23.2 Å². The predicted octanol–water partition coefficient (Wildman–Crippen LogP) is 8.10. The third-order valence-electron chi connectivity index (χ3n) is 7.50. The van der Waals surface area contributed by atoms with Crippen LogP contribution in [-0.2, 0) is 16.2 Å². The highest BCUT2D eigenvalue weighted by Crippen LogP contribution is 2.38. The molecule has 0 saturated carbocycles. The molecule has 0 aliphatic heterocycles. The molecular weight excluding hydrogens is 605 g/mol. The van der Waals surface area contributed by atoms with Crippen LogP contribution in [0.1, 0.15) is 52.7 Å². The van der Waals surface area contributed by atoms with Gasteiger partial charge in [0.1, 0.15) is 23.1 Å². The van der Waals surface area contributed by atoms with Crippen molar-refractivity contribution in [3.63, 3.8) is 0 Å². The molecule has 0 unspecified atom stereocenters. The molecule has 43 heavy (non-hydrogen) atoms. The molecule has 1 atom stereocenters. The normalized spacial score (nSPS) is 13.2. The van der Waals surface area contributed by atoms with E-state index in [9.17, 15) is 4.79 Å². The maximum atomic E-state index is 12.8. The first kappa shape index (κ1) is 34.8. The van der Waals surface area contributed by atoms with E-state index in [1.807, 2.05) is 41.7 Å². The van der Waals surface area contributed by atoms with E-state index in [-0.39, 0.29) is 11.6 Å². The zero-order chi connectivity index (χ0) is 32.5. The number of halogens is 2. The highest BCUT2D eigenvalue weighted by molar-refractivity contribution is 6.74. The number of hydrogen-bond acceptors (Lipinski definition) is 7. The highest BCUT2D eigenvalue weighted by atomic mass is 35.5. The van der Waals surface area contributed by atoms with E-state index in [0.717, 1.165) is 16.8 Å². The van der Waals surface area contributed by atoms with Crippen LogP contribution < -0.4 is 4.74 Å². The highest BCUT2D eigenvalue weighted by Gasteiger charge is 2.40. The summed E-state index contributed by atoms with van der Waals surface area (Å²) in [6.07, 6.45) is 0.967. The number of aryl methyl sites for hydroxylation is 2. The molecule has 0 bridgehead atoms. The van der Waals surface area contributed by atoms with Gasteiger partial charge >= 0.3 is 6.09 Å². The number of aromatic nitrogens is 4. The summed E-state index contributed by atoms with van der Waals surface area (Å²) in [6, 6.07) is 5.33. The van der Waals surface area contributed by atoms with Gasteiger partial charge in [-0.3, -0.25) is 4.68 Å². The van der Waals surface area contributed by atoms with Crippen LogP contribution in [0.4, 0.5) is 4.79 Å². The summed E-state index contributed by atoms with van der Waals surface area (Å²) in [7, 11) is 1.36. The minimum Gasteiger partial charge on any atom is -0.491 e. The molecule has 3 rings (SSSR count). The van der Waals surface area contributed by atoms with Gasteiger partial charge in [0.2, 0.25) is 0 Å². The quantitative estimate of drug-likeness (QED) is 0.171. The number of benzene rings is 1. The lowest BCUT2D eigenvalue weighted by Gasteiger charge is -2.40. The van der Waals surface area contributed by atoms with Crippen LogP contribution in [0.2, 0.25) is 28.3 Å². The number of likely N-dealkylation sites (N-methyl/N-ethyl adjacent to an activating group) is 1. The predicted molar refractivity (Wildman–Crippen MR) is 176 cm³/mol. The van der Waals surface area contributed by atoms with Gasteiger partial charge in [0.25, 0.3) is 0 Å². The van der Waals surface area contributed by atoms with Crippen molar-refractivity contribution >= 4 is 37.6 Å². The Labute approximate surface area is 267 Å². The summed E-state index contributed by atoms with van der Waals surface area (Å²) < 4.78 is 20.3. The van der Waals surface area contributed by atoms with Gasteiger partial charge in [0.15, 0.2) is 14.1 Å². The van der Waals surface area contributed by atoms with Crippen molar-refractivity contribution in [3.8, 4) is 28.5 Å². The number of carbonyl (C=O) groups excluding carboxylic acids is 1. The van der Waals surface area contributed by atoms with Gasteiger partial charge in [-0.2, -0.15) is 5.10 Å². The summed E-state index contributed by atoms with van der Waals surface area (Å²) >= 11 is 13.2. The second-order valence-corrected chi connectivity index (χ2v) is 18.9. The molecule has 0 N–H and O–H groups in total. The summed E-state index contributed by atoms with van der Waals surface area (Å²) in [5.74, 6) is 0.932. The van der Waals surface area contributed by atoms with Crippen molar-refractivity contribution in [2.24, 2.45) is 7.05 Å². The van der Waals surface area contributed by atoms with E-state index in [2.05, 4.69) is 43.9 Å². The Balaban J connectivity index is 1.91. The molecule has 12 heteroatoms. The van der Waals surface area contributed by atoms with Gasteiger partial charge in [-0.25, -0.2) is 14.8 Å². The SMILES string of the molecule is Cc1cnn(C)c1-c1nc(-c2cc(OC[C@@H](CN(C)C(=O)OC(C)(C)C)O[Si](C)(C)C(C)(C)C)ccc2Cl)nc(Cl)c1C. The van der Waals surface area contributed by atoms with Crippen LogP contribution in [0.25, 0.3) is 22.8 Å². The monoisotopic (exact) mass is 649 g/mol. The minimum absolute atomic E-state index is 0.0326. The molecule has 9 nitrogen and oxygen atoms in total. The Kier molecular flexibility index (Phi) is 10.6. The van der Waals surface area contributed by atoms with Crippen molar-refractivity contribution in [1.29, 1.82) is 0 Å². The Morgan fingerprint density at radius 2 is 1.74 bits per heavy atom. The van der Waals surface area contributed by atoms with Crippen molar-refractivity contribution in [2.75, 3.05) is 20.2 Å². The molecule has 2 aromatic heterocycles. The largest absolute Gasteiger partial charge is 0.491 e. The fraction of sp³-hybridized carbons (Fsp3) is 0.548. The number of amides is 1. The van der Waals surface area contributed by atoms with E-state index in [1.54, 1.807) is 36.1 Å². The number of ether oxygens (including phenoxy) is 2. The summed E-state index contributed by atoms with van der Waals surface area (Å²) in [5, 5.41) is 5.11. The fourth-order valence-electron chi connectivity index (χ4n) is 4.12.